The van der Waals surface area contributed by atoms with Crippen molar-refractivity contribution >= 4 is 31.9 Å². The maximum Gasteiger partial charge on any atom is 0.243 e. The molecule has 2 aromatic rings. The van der Waals surface area contributed by atoms with Gasteiger partial charge in [0.25, 0.3) is 0 Å². The van der Waals surface area contributed by atoms with Crippen LogP contribution < -0.4 is 5.32 Å². The second kappa shape index (κ2) is 9.48. The Bertz CT molecular complexity index is 865. The summed E-state index contributed by atoms with van der Waals surface area (Å²) in [5, 5.41) is 2.84. The van der Waals surface area contributed by atoms with E-state index >= 15 is 0 Å². The van der Waals surface area contributed by atoms with Gasteiger partial charge in [0, 0.05) is 17.1 Å². The Morgan fingerprint density at radius 3 is 2.26 bits per heavy atom. The van der Waals surface area contributed by atoms with Gasteiger partial charge in [0.05, 0.1) is 11.4 Å². The number of sulfonamides is 1. The topological polar surface area (TPSA) is 66.5 Å². The van der Waals surface area contributed by atoms with Crippen molar-refractivity contribution < 1.29 is 13.2 Å². The maximum atomic E-state index is 13.1. The lowest BCUT2D eigenvalue weighted by Crippen LogP contribution is -2.43. The zero-order valence-electron chi connectivity index (χ0n) is 15.8. The van der Waals surface area contributed by atoms with E-state index in [2.05, 4.69) is 21.2 Å². The fourth-order valence-corrected chi connectivity index (χ4v) is 4.11. The second-order valence-corrected chi connectivity index (χ2v) is 9.44. The summed E-state index contributed by atoms with van der Waals surface area (Å²) >= 11 is 3.31. The molecular formula is C20H25BrN2O3S. The Morgan fingerprint density at radius 1 is 1.11 bits per heavy atom. The van der Waals surface area contributed by atoms with Crippen molar-refractivity contribution in [2.45, 2.75) is 44.7 Å². The quantitative estimate of drug-likeness (QED) is 0.660. The summed E-state index contributed by atoms with van der Waals surface area (Å²) in [6.07, 6.45) is 0.781. The van der Waals surface area contributed by atoms with E-state index in [0.29, 0.717) is 0 Å². The molecule has 7 heteroatoms. The number of nitrogens with zero attached hydrogens (tertiary/aromatic N) is 1. The van der Waals surface area contributed by atoms with Gasteiger partial charge in [-0.15, -0.1) is 0 Å². The van der Waals surface area contributed by atoms with Crippen molar-refractivity contribution in [1.29, 1.82) is 0 Å². The van der Waals surface area contributed by atoms with Crippen molar-refractivity contribution in [3.8, 4) is 0 Å². The molecular weight excluding hydrogens is 428 g/mol. The van der Waals surface area contributed by atoms with Gasteiger partial charge >= 0.3 is 0 Å². The Labute approximate surface area is 170 Å². The molecule has 1 amide bonds. The summed E-state index contributed by atoms with van der Waals surface area (Å²) in [4.78, 5) is 12.5. The number of rotatable bonds is 8. The molecule has 1 atom stereocenters. The Balaban J connectivity index is 2.31. The predicted molar refractivity (Wildman–Crippen MR) is 111 cm³/mol. The first kappa shape index (κ1) is 21.6. The number of benzene rings is 2. The van der Waals surface area contributed by atoms with Gasteiger partial charge in [-0.25, -0.2) is 8.42 Å². The van der Waals surface area contributed by atoms with Crippen LogP contribution in [0.1, 0.15) is 31.4 Å². The normalized spacial score (nSPS) is 12.8. The van der Waals surface area contributed by atoms with Gasteiger partial charge < -0.3 is 5.32 Å². The third kappa shape index (κ3) is 6.16. The molecule has 0 aromatic heterocycles. The zero-order valence-corrected chi connectivity index (χ0v) is 18.2. The van der Waals surface area contributed by atoms with Crippen molar-refractivity contribution in [3.05, 3.63) is 64.1 Å². The molecule has 0 spiro atoms. The smallest absolute Gasteiger partial charge is 0.243 e. The van der Waals surface area contributed by atoms with Gasteiger partial charge in [-0.05, 0) is 50.1 Å². The van der Waals surface area contributed by atoms with Crippen LogP contribution in [0.2, 0.25) is 0 Å². The summed E-state index contributed by atoms with van der Waals surface area (Å²) < 4.78 is 28.3. The first-order chi connectivity index (χ1) is 12.7. The minimum Gasteiger partial charge on any atom is -0.353 e. The average Bonchev–Trinajstić information content (AvgIpc) is 2.63. The summed E-state index contributed by atoms with van der Waals surface area (Å²) in [7, 11) is -3.81. The number of carbonyl (C=O) groups excluding carboxylic acids is 1. The van der Waals surface area contributed by atoms with Crippen LogP contribution in [0, 0.1) is 6.92 Å². The van der Waals surface area contributed by atoms with E-state index in [-0.39, 0.29) is 29.9 Å². The summed E-state index contributed by atoms with van der Waals surface area (Å²) in [6, 6.07) is 14.0. The van der Waals surface area contributed by atoms with Crippen LogP contribution in [0.3, 0.4) is 0 Å². The number of halogens is 1. The van der Waals surface area contributed by atoms with Crippen LogP contribution in [0.15, 0.2) is 57.9 Å². The van der Waals surface area contributed by atoms with E-state index < -0.39 is 10.0 Å². The molecule has 2 aromatic carbocycles. The Morgan fingerprint density at radius 2 is 1.70 bits per heavy atom. The highest BCUT2D eigenvalue weighted by Crippen LogP contribution is 2.21. The standard InChI is InChI=1S/C20H25BrN2O3S/c1-4-16(3)22-20(24)14-23(13-17-7-5-15(2)6-8-17)27(25,26)19-11-9-18(21)10-12-19/h5-12,16H,4,13-14H2,1-3H3,(H,22,24)/t16-/m0/s1. The van der Waals surface area contributed by atoms with Crippen LogP contribution in [-0.2, 0) is 21.4 Å². The van der Waals surface area contributed by atoms with E-state index in [4.69, 9.17) is 0 Å². The predicted octanol–water partition coefficient (Wildman–Crippen LogP) is 3.86. The highest BCUT2D eigenvalue weighted by Gasteiger charge is 2.27. The lowest BCUT2D eigenvalue weighted by Gasteiger charge is -2.23. The van der Waals surface area contributed by atoms with Crippen LogP contribution >= 0.6 is 15.9 Å². The lowest BCUT2D eigenvalue weighted by atomic mass is 10.1. The molecule has 0 aliphatic carbocycles. The van der Waals surface area contributed by atoms with Gasteiger partial charge in [0.15, 0.2) is 0 Å². The SMILES string of the molecule is CC[C@H](C)NC(=O)CN(Cc1ccc(C)cc1)S(=O)(=O)c1ccc(Br)cc1. The number of hydrogen-bond donors (Lipinski definition) is 1. The highest BCUT2D eigenvalue weighted by atomic mass is 79.9. The molecule has 0 aliphatic heterocycles. The summed E-state index contributed by atoms with van der Waals surface area (Å²) in [5.41, 5.74) is 1.92. The van der Waals surface area contributed by atoms with E-state index in [0.717, 1.165) is 22.0 Å². The molecule has 0 aliphatic rings. The van der Waals surface area contributed by atoms with Gasteiger partial charge in [0.2, 0.25) is 15.9 Å². The number of aryl methyl sites for hydroxylation is 1. The molecule has 0 radical (unpaired) electrons. The summed E-state index contributed by atoms with van der Waals surface area (Å²) in [5.74, 6) is -0.308. The largest absolute Gasteiger partial charge is 0.353 e. The fourth-order valence-electron chi connectivity index (χ4n) is 2.46. The zero-order chi connectivity index (χ0) is 20.0. The monoisotopic (exact) mass is 452 g/mol. The fraction of sp³-hybridized carbons (Fsp3) is 0.350. The Hall–Kier alpha value is -1.70. The highest BCUT2D eigenvalue weighted by molar-refractivity contribution is 9.10. The van der Waals surface area contributed by atoms with Crippen molar-refractivity contribution in [1.82, 2.24) is 9.62 Å². The summed E-state index contributed by atoms with van der Waals surface area (Å²) in [6.45, 7) is 5.74. The molecule has 0 saturated heterocycles. The molecule has 146 valence electrons. The molecule has 0 unspecified atom stereocenters. The molecule has 0 saturated carbocycles. The van der Waals surface area contributed by atoms with Gasteiger partial charge in [-0.2, -0.15) is 4.31 Å². The maximum absolute atomic E-state index is 13.1. The molecule has 5 nitrogen and oxygen atoms in total. The lowest BCUT2D eigenvalue weighted by molar-refractivity contribution is -0.122. The van der Waals surface area contributed by atoms with Crippen LogP contribution in [0.25, 0.3) is 0 Å². The molecule has 27 heavy (non-hydrogen) atoms. The van der Waals surface area contributed by atoms with E-state index in [9.17, 15) is 13.2 Å². The molecule has 0 fully saturated rings. The minimum atomic E-state index is -3.81. The van der Waals surface area contributed by atoms with Gasteiger partial charge in [-0.3, -0.25) is 4.79 Å². The number of carbonyl (C=O) groups is 1. The van der Waals surface area contributed by atoms with Crippen LogP contribution in [0.4, 0.5) is 0 Å². The van der Waals surface area contributed by atoms with Gasteiger partial charge in [-0.1, -0.05) is 52.7 Å². The molecule has 0 bridgehead atoms. The Kier molecular flexibility index (Phi) is 7.59. The minimum absolute atomic E-state index is 0.00545. The van der Waals surface area contributed by atoms with Gasteiger partial charge in [0.1, 0.15) is 0 Å². The molecule has 2 rings (SSSR count). The number of hydrogen-bond acceptors (Lipinski definition) is 3. The van der Waals surface area contributed by atoms with E-state index in [1.165, 1.54) is 16.4 Å². The van der Waals surface area contributed by atoms with E-state index in [1.54, 1.807) is 12.1 Å². The van der Waals surface area contributed by atoms with Crippen LogP contribution in [0.5, 0.6) is 0 Å². The number of nitrogens with one attached hydrogen (secondary N) is 1. The third-order valence-electron chi connectivity index (χ3n) is 4.27. The second-order valence-electron chi connectivity index (χ2n) is 6.59. The van der Waals surface area contributed by atoms with Crippen LogP contribution in [-0.4, -0.2) is 31.2 Å². The van der Waals surface area contributed by atoms with Crippen molar-refractivity contribution in [3.63, 3.8) is 0 Å². The third-order valence-corrected chi connectivity index (χ3v) is 6.61. The number of amides is 1. The van der Waals surface area contributed by atoms with Crippen molar-refractivity contribution in [2.24, 2.45) is 0 Å². The average molecular weight is 453 g/mol. The molecule has 1 N–H and O–H groups in total. The molecule has 0 heterocycles. The van der Waals surface area contributed by atoms with Crippen molar-refractivity contribution in [2.75, 3.05) is 6.54 Å². The first-order valence-corrected chi connectivity index (χ1v) is 11.1. The first-order valence-electron chi connectivity index (χ1n) is 8.83. The van der Waals surface area contributed by atoms with E-state index in [1.807, 2.05) is 45.0 Å².